The minimum atomic E-state index is -0.110. The third-order valence-electron chi connectivity index (χ3n) is 5.05. The molecule has 3 nitrogen and oxygen atoms in total. The zero-order valence-corrected chi connectivity index (χ0v) is 13.4. The molecule has 2 saturated carbocycles. The Kier molecular flexibility index (Phi) is 6.31. The number of hydrogen-bond acceptors (Lipinski definition) is 3. The number of hydrogen-bond donors (Lipinski definition) is 2. The summed E-state index contributed by atoms with van der Waals surface area (Å²) in [4.78, 5) is 0. The normalized spacial score (nSPS) is 30.1. The molecular formula is C17H33NO2. The highest BCUT2D eigenvalue weighted by Gasteiger charge is 2.31. The second-order valence-corrected chi connectivity index (χ2v) is 7.10. The van der Waals surface area contributed by atoms with Gasteiger partial charge in [-0.05, 0) is 51.4 Å². The van der Waals surface area contributed by atoms with Crippen molar-refractivity contribution in [2.75, 3.05) is 13.2 Å². The van der Waals surface area contributed by atoms with Crippen molar-refractivity contribution in [2.24, 2.45) is 5.92 Å². The third-order valence-corrected chi connectivity index (χ3v) is 5.05. The molecule has 0 radical (unpaired) electrons. The second kappa shape index (κ2) is 7.77. The molecule has 0 aromatic carbocycles. The Morgan fingerprint density at radius 2 is 1.95 bits per heavy atom. The van der Waals surface area contributed by atoms with Crippen LogP contribution in [-0.4, -0.2) is 36.0 Å². The minimum Gasteiger partial charge on any atom is -0.394 e. The minimum absolute atomic E-state index is 0.110. The zero-order valence-electron chi connectivity index (χ0n) is 13.4. The molecule has 20 heavy (non-hydrogen) atoms. The first-order valence-corrected chi connectivity index (χ1v) is 8.67. The molecule has 2 aliphatic rings. The summed E-state index contributed by atoms with van der Waals surface area (Å²) in [6.07, 6.45) is 11.6. The SMILES string of the molecule is CCC1CCCCC1OCCCC(C)(CO)NC1CC1. The Morgan fingerprint density at radius 3 is 2.60 bits per heavy atom. The maximum atomic E-state index is 9.59. The fourth-order valence-electron chi connectivity index (χ4n) is 3.47. The van der Waals surface area contributed by atoms with Gasteiger partial charge in [-0.1, -0.05) is 26.2 Å². The van der Waals surface area contributed by atoms with Gasteiger partial charge in [-0.25, -0.2) is 0 Å². The second-order valence-electron chi connectivity index (χ2n) is 7.10. The summed E-state index contributed by atoms with van der Waals surface area (Å²) in [5, 5.41) is 13.2. The fourth-order valence-corrected chi connectivity index (χ4v) is 3.47. The summed E-state index contributed by atoms with van der Waals surface area (Å²) in [5.74, 6) is 0.776. The Morgan fingerprint density at radius 1 is 1.20 bits per heavy atom. The van der Waals surface area contributed by atoms with Crippen LogP contribution in [0, 0.1) is 5.92 Å². The van der Waals surface area contributed by atoms with Gasteiger partial charge >= 0.3 is 0 Å². The van der Waals surface area contributed by atoms with Crippen LogP contribution in [0.3, 0.4) is 0 Å². The van der Waals surface area contributed by atoms with Crippen molar-refractivity contribution in [3.8, 4) is 0 Å². The average Bonchev–Trinajstić information content (AvgIpc) is 3.28. The van der Waals surface area contributed by atoms with Crippen molar-refractivity contribution >= 4 is 0 Å². The molecule has 0 saturated heterocycles. The predicted octanol–water partition coefficient (Wildman–Crippen LogP) is 3.26. The van der Waals surface area contributed by atoms with Crippen LogP contribution < -0.4 is 5.32 Å². The van der Waals surface area contributed by atoms with E-state index in [1.807, 2.05) is 0 Å². The van der Waals surface area contributed by atoms with E-state index in [0.29, 0.717) is 12.1 Å². The zero-order chi connectivity index (χ0) is 14.4. The maximum Gasteiger partial charge on any atom is 0.0610 e. The highest BCUT2D eigenvalue weighted by Crippen LogP contribution is 2.29. The monoisotopic (exact) mass is 283 g/mol. The molecule has 2 rings (SSSR count). The molecule has 3 unspecified atom stereocenters. The van der Waals surface area contributed by atoms with Gasteiger partial charge in [0.2, 0.25) is 0 Å². The van der Waals surface area contributed by atoms with Crippen molar-refractivity contribution in [3.63, 3.8) is 0 Å². The van der Waals surface area contributed by atoms with Crippen LogP contribution >= 0.6 is 0 Å². The van der Waals surface area contributed by atoms with Crippen molar-refractivity contribution in [3.05, 3.63) is 0 Å². The van der Waals surface area contributed by atoms with Crippen molar-refractivity contribution < 1.29 is 9.84 Å². The molecule has 2 N–H and O–H groups in total. The first-order chi connectivity index (χ1) is 9.67. The maximum absolute atomic E-state index is 9.59. The summed E-state index contributed by atoms with van der Waals surface area (Å²) in [6, 6.07) is 0.649. The summed E-state index contributed by atoms with van der Waals surface area (Å²) in [6.45, 7) is 5.50. The van der Waals surface area contributed by atoms with Gasteiger partial charge in [0.15, 0.2) is 0 Å². The van der Waals surface area contributed by atoms with Gasteiger partial charge in [0.05, 0.1) is 12.7 Å². The van der Waals surface area contributed by atoms with E-state index in [2.05, 4.69) is 19.2 Å². The van der Waals surface area contributed by atoms with Crippen LogP contribution in [0.15, 0.2) is 0 Å². The van der Waals surface area contributed by atoms with Gasteiger partial charge < -0.3 is 15.2 Å². The van der Waals surface area contributed by atoms with Gasteiger partial charge in [-0.15, -0.1) is 0 Å². The lowest BCUT2D eigenvalue weighted by atomic mass is 9.85. The van der Waals surface area contributed by atoms with Crippen molar-refractivity contribution in [1.82, 2.24) is 5.32 Å². The standard InChI is InChI=1S/C17H33NO2/c1-3-14-7-4-5-8-16(14)20-12-6-11-17(2,13-19)18-15-9-10-15/h14-16,18-19H,3-13H2,1-2H3. The highest BCUT2D eigenvalue weighted by atomic mass is 16.5. The molecule has 2 fully saturated rings. The number of nitrogens with one attached hydrogen (secondary N) is 1. The van der Waals surface area contributed by atoms with E-state index in [1.165, 1.54) is 44.9 Å². The quantitative estimate of drug-likeness (QED) is 0.638. The lowest BCUT2D eigenvalue weighted by Crippen LogP contribution is -2.47. The highest BCUT2D eigenvalue weighted by molar-refractivity contribution is 4.92. The Labute approximate surface area is 124 Å². The molecular weight excluding hydrogens is 250 g/mol. The van der Waals surface area contributed by atoms with E-state index >= 15 is 0 Å². The van der Waals surface area contributed by atoms with E-state index in [0.717, 1.165) is 25.4 Å². The first-order valence-electron chi connectivity index (χ1n) is 8.67. The van der Waals surface area contributed by atoms with Crippen LogP contribution in [0.25, 0.3) is 0 Å². The molecule has 3 atom stereocenters. The first kappa shape index (κ1) is 16.3. The molecule has 118 valence electrons. The average molecular weight is 283 g/mol. The van der Waals surface area contributed by atoms with Gasteiger partial charge in [-0.3, -0.25) is 0 Å². The Bertz CT molecular complexity index is 280. The van der Waals surface area contributed by atoms with Crippen molar-refractivity contribution in [1.29, 1.82) is 0 Å². The van der Waals surface area contributed by atoms with Gasteiger partial charge in [0, 0.05) is 18.2 Å². The van der Waals surface area contributed by atoms with Crippen LogP contribution in [0.5, 0.6) is 0 Å². The third kappa shape index (κ3) is 5.01. The molecule has 3 heteroatoms. The van der Waals surface area contributed by atoms with Crippen molar-refractivity contribution in [2.45, 2.75) is 89.3 Å². The van der Waals surface area contributed by atoms with E-state index in [4.69, 9.17) is 4.74 Å². The number of rotatable bonds is 9. The molecule has 0 aliphatic heterocycles. The van der Waals surface area contributed by atoms with Gasteiger partial charge in [0.1, 0.15) is 0 Å². The fraction of sp³-hybridized carbons (Fsp3) is 1.00. The van der Waals surface area contributed by atoms with Crippen LogP contribution in [-0.2, 0) is 4.74 Å². The number of ether oxygens (including phenoxy) is 1. The number of aliphatic hydroxyl groups excluding tert-OH is 1. The Balaban J connectivity index is 1.64. The van der Waals surface area contributed by atoms with E-state index in [9.17, 15) is 5.11 Å². The lowest BCUT2D eigenvalue weighted by Gasteiger charge is -2.32. The number of aliphatic hydroxyl groups is 1. The molecule has 0 amide bonds. The van der Waals surface area contributed by atoms with Crippen LogP contribution in [0.2, 0.25) is 0 Å². The molecule has 0 spiro atoms. The molecule has 0 heterocycles. The van der Waals surface area contributed by atoms with E-state index < -0.39 is 0 Å². The lowest BCUT2D eigenvalue weighted by molar-refractivity contribution is -0.0161. The van der Waals surface area contributed by atoms with Crippen LogP contribution in [0.1, 0.15) is 71.6 Å². The van der Waals surface area contributed by atoms with Gasteiger partial charge in [-0.2, -0.15) is 0 Å². The largest absolute Gasteiger partial charge is 0.394 e. The Hall–Kier alpha value is -0.120. The van der Waals surface area contributed by atoms with E-state index in [-0.39, 0.29) is 12.1 Å². The molecule has 0 bridgehead atoms. The smallest absolute Gasteiger partial charge is 0.0610 e. The summed E-state index contributed by atoms with van der Waals surface area (Å²) < 4.78 is 6.14. The van der Waals surface area contributed by atoms with Crippen LogP contribution in [0.4, 0.5) is 0 Å². The molecule has 2 aliphatic carbocycles. The molecule has 0 aromatic heterocycles. The summed E-state index contributed by atoms with van der Waals surface area (Å²) in [7, 11) is 0. The summed E-state index contributed by atoms with van der Waals surface area (Å²) >= 11 is 0. The molecule has 0 aromatic rings. The topological polar surface area (TPSA) is 41.5 Å². The summed E-state index contributed by atoms with van der Waals surface area (Å²) in [5.41, 5.74) is -0.110. The van der Waals surface area contributed by atoms with E-state index in [1.54, 1.807) is 0 Å². The van der Waals surface area contributed by atoms with Gasteiger partial charge in [0.25, 0.3) is 0 Å². The predicted molar refractivity (Wildman–Crippen MR) is 82.9 cm³/mol.